The second-order valence-electron chi connectivity index (χ2n) is 4.60. The number of benzene rings is 1. The first-order valence-electron chi connectivity index (χ1n) is 6.05. The van der Waals surface area contributed by atoms with E-state index in [2.05, 4.69) is 0 Å². The minimum Gasteiger partial charge on any atom is -0.373 e. The van der Waals surface area contributed by atoms with Crippen molar-refractivity contribution in [3.05, 3.63) is 34.1 Å². The van der Waals surface area contributed by atoms with E-state index < -0.39 is 10.7 Å². The van der Waals surface area contributed by atoms with Gasteiger partial charge >= 0.3 is 0 Å². The van der Waals surface area contributed by atoms with E-state index in [1.54, 1.807) is 4.90 Å². The molecule has 1 aliphatic heterocycles. The van der Waals surface area contributed by atoms with Crippen molar-refractivity contribution in [2.75, 3.05) is 24.6 Å². The number of hydrogen-bond acceptors (Lipinski definition) is 5. The predicted molar refractivity (Wildman–Crippen MR) is 68.7 cm³/mol. The zero-order valence-corrected chi connectivity index (χ0v) is 10.6. The number of morpholine rings is 1. The van der Waals surface area contributed by atoms with Crippen LogP contribution in [-0.2, 0) is 4.74 Å². The van der Waals surface area contributed by atoms with Crippen LogP contribution in [-0.4, -0.2) is 36.8 Å². The number of nitrogens with two attached hydrogens (primary N) is 1. The van der Waals surface area contributed by atoms with E-state index in [1.807, 2.05) is 6.92 Å². The lowest BCUT2D eigenvalue weighted by Gasteiger charge is -2.35. The molecule has 2 atom stereocenters. The van der Waals surface area contributed by atoms with Crippen molar-refractivity contribution < 1.29 is 14.1 Å². The maximum atomic E-state index is 13.3. The fourth-order valence-corrected chi connectivity index (χ4v) is 2.12. The molecule has 2 N–H and O–H groups in total. The van der Waals surface area contributed by atoms with E-state index in [0.29, 0.717) is 19.7 Å². The molecule has 0 radical (unpaired) electrons. The van der Waals surface area contributed by atoms with E-state index >= 15 is 0 Å². The smallest absolute Gasteiger partial charge is 0.292 e. The van der Waals surface area contributed by atoms with Crippen molar-refractivity contribution in [3.63, 3.8) is 0 Å². The molecule has 104 valence electrons. The molecule has 1 aromatic carbocycles. The molecule has 0 saturated carbocycles. The highest BCUT2D eigenvalue weighted by molar-refractivity contribution is 5.63. The highest BCUT2D eigenvalue weighted by atomic mass is 19.1. The zero-order chi connectivity index (χ0) is 14.0. The van der Waals surface area contributed by atoms with Gasteiger partial charge < -0.3 is 15.4 Å². The van der Waals surface area contributed by atoms with Gasteiger partial charge in [-0.2, -0.15) is 0 Å². The van der Waals surface area contributed by atoms with Crippen molar-refractivity contribution >= 4 is 11.4 Å². The molecule has 19 heavy (non-hydrogen) atoms. The summed E-state index contributed by atoms with van der Waals surface area (Å²) in [6.07, 6.45) is -0.211. The number of rotatable bonds is 3. The monoisotopic (exact) mass is 269 g/mol. The Bertz CT molecular complexity index is 481. The van der Waals surface area contributed by atoms with Crippen LogP contribution in [0.5, 0.6) is 0 Å². The Labute approximate surface area is 110 Å². The third kappa shape index (κ3) is 2.99. The Kier molecular flexibility index (Phi) is 3.96. The molecule has 2 rings (SSSR count). The lowest BCUT2D eigenvalue weighted by molar-refractivity contribution is -0.384. The van der Waals surface area contributed by atoms with Gasteiger partial charge in [0.15, 0.2) is 0 Å². The second-order valence-corrected chi connectivity index (χ2v) is 4.60. The van der Waals surface area contributed by atoms with E-state index in [0.717, 1.165) is 6.07 Å². The van der Waals surface area contributed by atoms with Gasteiger partial charge in [0, 0.05) is 31.3 Å². The molecule has 1 aliphatic rings. The largest absolute Gasteiger partial charge is 0.373 e. The summed E-state index contributed by atoms with van der Waals surface area (Å²) in [6.45, 7) is 3.13. The van der Waals surface area contributed by atoms with Crippen LogP contribution >= 0.6 is 0 Å². The Morgan fingerprint density at radius 2 is 2.37 bits per heavy atom. The third-order valence-corrected chi connectivity index (χ3v) is 3.15. The van der Waals surface area contributed by atoms with Crippen molar-refractivity contribution in [1.29, 1.82) is 0 Å². The summed E-state index contributed by atoms with van der Waals surface area (Å²) < 4.78 is 18.8. The Morgan fingerprint density at radius 3 is 3.00 bits per heavy atom. The molecule has 0 bridgehead atoms. The SMILES string of the molecule is CC(N)C1CN(c2cc(F)ccc2[N+](=O)[O-])CCO1. The summed E-state index contributed by atoms with van der Waals surface area (Å²) in [5, 5.41) is 11.0. The Balaban J connectivity index is 2.30. The maximum absolute atomic E-state index is 13.3. The topological polar surface area (TPSA) is 81.6 Å². The number of halogens is 1. The lowest BCUT2D eigenvalue weighted by atomic mass is 10.1. The maximum Gasteiger partial charge on any atom is 0.292 e. The van der Waals surface area contributed by atoms with Gasteiger partial charge in [-0.25, -0.2) is 4.39 Å². The summed E-state index contributed by atoms with van der Waals surface area (Å²) >= 11 is 0. The summed E-state index contributed by atoms with van der Waals surface area (Å²) in [5.74, 6) is -0.496. The molecule has 0 amide bonds. The van der Waals surface area contributed by atoms with E-state index in [-0.39, 0.29) is 23.5 Å². The number of nitro benzene ring substituents is 1. The molecular formula is C12H16FN3O3. The normalized spacial score (nSPS) is 21.2. The Morgan fingerprint density at radius 1 is 1.63 bits per heavy atom. The van der Waals surface area contributed by atoms with Gasteiger partial charge in [0.2, 0.25) is 0 Å². The molecule has 2 unspecified atom stereocenters. The molecule has 0 aliphatic carbocycles. The van der Waals surface area contributed by atoms with Crippen LogP contribution in [0.3, 0.4) is 0 Å². The standard InChI is InChI=1S/C12H16FN3O3/c1-8(14)12-7-15(4-5-19-12)11-6-9(13)2-3-10(11)16(17)18/h2-3,6,8,12H,4-5,7,14H2,1H3. The second kappa shape index (κ2) is 5.50. The minimum absolute atomic E-state index is 0.105. The van der Waals surface area contributed by atoms with E-state index in [4.69, 9.17) is 10.5 Å². The number of anilines is 1. The highest BCUT2D eigenvalue weighted by Crippen LogP contribution is 2.30. The van der Waals surface area contributed by atoms with Gasteiger partial charge in [-0.15, -0.1) is 0 Å². The van der Waals surface area contributed by atoms with Crippen LogP contribution in [0.2, 0.25) is 0 Å². The minimum atomic E-state index is -0.509. The van der Waals surface area contributed by atoms with Crippen LogP contribution in [0.25, 0.3) is 0 Å². The molecule has 1 fully saturated rings. The fraction of sp³-hybridized carbons (Fsp3) is 0.500. The summed E-state index contributed by atoms with van der Waals surface area (Å²) in [4.78, 5) is 12.2. The molecule has 0 spiro atoms. The first-order chi connectivity index (χ1) is 8.99. The number of nitro groups is 1. The van der Waals surface area contributed by atoms with Crippen molar-refractivity contribution in [1.82, 2.24) is 0 Å². The third-order valence-electron chi connectivity index (χ3n) is 3.15. The molecule has 1 heterocycles. The lowest BCUT2D eigenvalue weighted by Crippen LogP contribution is -2.49. The van der Waals surface area contributed by atoms with Crippen LogP contribution in [0, 0.1) is 15.9 Å². The van der Waals surface area contributed by atoms with Gasteiger partial charge in [0.25, 0.3) is 5.69 Å². The van der Waals surface area contributed by atoms with Gasteiger partial charge in [0.1, 0.15) is 11.5 Å². The number of nitrogens with zero attached hydrogens (tertiary/aromatic N) is 2. The van der Waals surface area contributed by atoms with Gasteiger partial charge in [0.05, 0.1) is 17.6 Å². The predicted octanol–water partition coefficient (Wildman–Crippen LogP) is 1.29. The number of hydrogen-bond donors (Lipinski definition) is 1. The number of ether oxygens (including phenoxy) is 1. The molecule has 7 heteroatoms. The average Bonchev–Trinajstić information content (AvgIpc) is 2.38. The van der Waals surface area contributed by atoms with Crippen LogP contribution in [0.4, 0.5) is 15.8 Å². The fourth-order valence-electron chi connectivity index (χ4n) is 2.12. The van der Waals surface area contributed by atoms with Crippen molar-refractivity contribution in [3.8, 4) is 0 Å². The highest BCUT2D eigenvalue weighted by Gasteiger charge is 2.28. The molecular weight excluding hydrogens is 253 g/mol. The van der Waals surface area contributed by atoms with E-state index in [9.17, 15) is 14.5 Å². The van der Waals surface area contributed by atoms with Crippen LogP contribution < -0.4 is 10.6 Å². The summed E-state index contributed by atoms with van der Waals surface area (Å²) in [5.41, 5.74) is 5.95. The first kappa shape index (κ1) is 13.7. The van der Waals surface area contributed by atoms with Gasteiger partial charge in [-0.1, -0.05) is 0 Å². The molecule has 1 aromatic rings. The molecule has 1 saturated heterocycles. The van der Waals surface area contributed by atoms with Crippen LogP contribution in [0.15, 0.2) is 18.2 Å². The quantitative estimate of drug-likeness (QED) is 0.660. The van der Waals surface area contributed by atoms with E-state index in [1.165, 1.54) is 12.1 Å². The van der Waals surface area contributed by atoms with Crippen molar-refractivity contribution in [2.45, 2.75) is 19.1 Å². The van der Waals surface area contributed by atoms with Gasteiger partial charge in [-0.3, -0.25) is 10.1 Å². The Hall–Kier alpha value is -1.73. The molecule has 0 aromatic heterocycles. The first-order valence-corrected chi connectivity index (χ1v) is 6.05. The average molecular weight is 269 g/mol. The zero-order valence-electron chi connectivity index (χ0n) is 10.6. The van der Waals surface area contributed by atoms with Crippen molar-refractivity contribution in [2.24, 2.45) is 5.73 Å². The molecule has 6 nitrogen and oxygen atoms in total. The summed E-state index contributed by atoms with van der Waals surface area (Å²) in [6, 6.07) is 3.27. The van der Waals surface area contributed by atoms with Gasteiger partial charge in [-0.05, 0) is 13.0 Å². The van der Waals surface area contributed by atoms with Crippen LogP contribution in [0.1, 0.15) is 6.92 Å². The summed E-state index contributed by atoms with van der Waals surface area (Å²) in [7, 11) is 0.